The lowest BCUT2D eigenvalue weighted by Crippen LogP contribution is -2.49. The molecular weight excluding hydrogens is 450 g/mol. The van der Waals surface area contributed by atoms with Crippen molar-refractivity contribution in [3.8, 4) is 11.5 Å². The third kappa shape index (κ3) is 3.94. The normalized spacial score (nSPS) is 19.7. The van der Waals surface area contributed by atoms with Crippen LogP contribution in [-0.2, 0) is 23.1 Å². The number of hydrogen-bond acceptors (Lipinski definition) is 9. The smallest absolute Gasteiger partial charge is 0.250 e. The molecule has 3 aliphatic rings. The summed E-state index contributed by atoms with van der Waals surface area (Å²) in [4.78, 5) is 24.1. The van der Waals surface area contributed by atoms with E-state index in [1.807, 2.05) is 4.90 Å². The van der Waals surface area contributed by atoms with E-state index in [-0.39, 0.29) is 11.9 Å². The molecule has 0 spiro atoms. The van der Waals surface area contributed by atoms with Crippen molar-refractivity contribution in [2.24, 2.45) is 0 Å². The van der Waals surface area contributed by atoms with Crippen LogP contribution in [0.5, 0.6) is 0 Å². The molecular formula is C24H27N7O2S. The average Bonchev–Trinajstić information content (AvgIpc) is 3.34. The minimum absolute atomic E-state index is 0.108. The van der Waals surface area contributed by atoms with Gasteiger partial charge in [-0.1, -0.05) is 36.2 Å². The summed E-state index contributed by atoms with van der Waals surface area (Å²) in [5, 5.41) is 11.9. The van der Waals surface area contributed by atoms with Crippen LogP contribution in [0.25, 0.3) is 11.5 Å². The van der Waals surface area contributed by atoms with E-state index in [0.717, 1.165) is 51.9 Å². The summed E-state index contributed by atoms with van der Waals surface area (Å²) in [5.74, 6) is 1.45. The van der Waals surface area contributed by atoms with Crippen molar-refractivity contribution in [3.05, 3.63) is 53.7 Å². The van der Waals surface area contributed by atoms with Gasteiger partial charge in [-0.3, -0.25) is 4.79 Å². The maximum Gasteiger partial charge on any atom is 0.250 e. The average molecular weight is 478 g/mol. The Labute approximate surface area is 202 Å². The molecule has 2 fully saturated rings. The molecule has 10 heteroatoms. The highest BCUT2D eigenvalue weighted by molar-refractivity contribution is 7.96. The number of amides is 1. The molecule has 3 aromatic rings. The highest BCUT2D eigenvalue weighted by Gasteiger charge is 2.57. The van der Waals surface area contributed by atoms with Crippen molar-refractivity contribution in [2.75, 3.05) is 37.8 Å². The Bertz CT molecular complexity index is 1160. The fourth-order valence-corrected chi connectivity index (χ4v) is 5.44. The second-order valence-electron chi connectivity index (χ2n) is 9.21. The predicted molar refractivity (Wildman–Crippen MR) is 129 cm³/mol. The summed E-state index contributed by atoms with van der Waals surface area (Å²) in [6, 6.07) is 8.80. The topological polar surface area (TPSA) is 100 Å². The first-order valence-electron chi connectivity index (χ1n) is 11.7. The van der Waals surface area contributed by atoms with Crippen LogP contribution in [0, 0.1) is 0 Å². The van der Waals surface area contributed by atoms with Crippen molar-refractivity contribution in [1.29, 1.82) is 0 Å². The number of piperazine rings is 1. The molecule has 0 radical (unpaired) electrons. The van der Waals surface area contributed by atoms with Crippen LogP contribution in [0.1, 0.15) is 29.9 Å². The SMILES string of the molecule is CSN1CCN(C(=O)C2(c3nnc(-c4cnc(NC5Cc6ccccc6C5)nc4)o3)CC2)CC1. The molecule has 1 N–H and O–H groups in total. The molecule has 1 aromatic carbocycles. The minimum atomic E-state index is -0.660. The van der Waals surface area contributed by atoms with Gasteiger partial charge in [-0.2, -0.15) is 0 Å². The van der Waals surface area contributed by atoms with Crippen LogP contribution in [-0.4, -0.2) is 73.8 Å². The van der Waals surface area contributed by atoms with E-state index < -0.39 is 5.41 Å². The van der Waals surface area contributed by atoms with Gasteiger partial charge in [0.25, 0.3) is 5.89 Å². The lowest BCUT2D eigenvalue weighted by atomic mass is 10.1. The zero-order chi connectivity index (χ0) is 23.1. The lowest BCUT2D eigenvalue weighted by molar-refractivity contribution is -0.135. The zero-order valence-corrected chi connectivity index (χ0v) is 19.9. The summed E-state index contributed by atoms with van der Waals surface area (Å²) < 4.78 is 8.26. The van der Waals surface area contributed by atoms with Gasteiger partial charge in [0.15, 0.2) is 0 Å². The Balaban J connectivity index is 1.11. The number of aromatic nitrogens is 4. The van der Waals surface area contributed by atoms with Gasteiger partial charge in [-0.05, 0) is 43.1 Å². The fraction of sp³-hybridized carbons (Fsp3) is 0.458. The molecule has 1 saturated carbocycles. The summed E-state index contributed by atoms with van der Waals surface area (Å²) >= 11 is 1.72. The highest BCUT2D eigenvalue weighted by Crippen LogP contribution is 2.49. The van der Waals surface area contributed by atoms with Gasteiger partial charge in [0.2, 0.25) is 17.7 Å². The number of anilines is 1. The van der Waals surface area contributed by atoms with Crippen LogP contribution >= 0.6 is 11.9 Å². The molecule has 34 heavy (non-hydrogen) atoms. The zero-order valence-electron chi connectivity index (χ0n) is 19.1. The van der Waals surface area contributed by atoms with E-state index in [1.165, 1.54) is 11.1 Å². The van der Waals surface area contributed by atoms with Gasteiger partial charge >= 0.3 is 0 Å². The first-order valence-corrected chi connectivity index (χ1v) is 12.9. The molecule has 176 valence electrons. The Hall–Kier alpha value is -2.98. The Morgan fingerprint density at radius 3 is 2.35 bits per heavy atom. The standard InChI is InChI=1S/C24H27N7O2S/c1-34-31-10-8-30(9-11-31)22(32)24(6-7-24)21-29-28-20(33-21)18-14-25-23(26-15-18)27-19-12-16-4-2-3-5-17(16)13-19/h2-5,14-15,19H,6-13H2,1H3,(H,25,26,27). The van der Waals surface area contributed by atoms with Crippen LogP contribution < -0.4 is 5.32 Å². The summed E-state index contributed by atoms with van der Waals surface area (Å²) in [5.41, 5.74) is 2.75. The Morgan fingerprint density at radius 1 is 1.06 bits per heavy atom. The minimum Gasteiger partial charge on any atom is -0.419 e. The molecule has 1 aliphatic heterocycles. The van der Waals surface area contributed by atoms with E-state index in [4.69, 9.17) is 4.42 Å². The van der Waals surface area contributed by atoms with E-state index in [1.54, 1.807) is 24.3 Å². The van der Waals surface area contributed by atoms with Gasteiger partial charge < -0.3 is 14.6 Å². The number of rotatable bonds is 6. The van der Waals surface area contributed by atoms with Crippen molar-refractivity contribution < 1.29 is 9.21 Å². The first-order chi connectivity index (χ1) is 16.6. The molecule has 6 rings (SSSR count). The number of benzene rings is 1. The van der Waals surface area contributed by atoms with Crippen molar-refractivity contribution in [3.63, 3.8) is 0 Å². The summed E-state index contributed by atoms with van der Waals surface area (Å²) in [6.45, 7) is 3.22. The number of nitrogens with one attached hydrogen (secondary N) is 1. The number of fused-ring (bicyclic) bond motifs is 1. The van der Waals surface area contributed by atoms with Gasteiger partial charge in [0, 0.05) is 44.6 Å². The van der Waals surface area contributed by atoms with Gasteiger partial charge in [0.1, 0.15) is 5.41 Å². The predicted octanol–water partition coefficient (Wildman–Crippen LogP) is 2.56. The molecule has 0 bridgehead atoms. The van der Waals surface area contributed by atoms with E-state index in [2.05, 4.69) is 60.3 Å². The monoisotopic (exact) mass is 477 g/mol. The van der Waals surface area contributed by atoms with E-state index in [9.17, 15) is 4.79 Å². The summed E-state index contributed by atoms with van der Waals surface area (Å²) in [6.07, 6.45) is 8.89. The van der Waals surface area contributed by atoms with E-state index >= 15 is 0 Å². The second kappa shape index (κ2) is 8.66. The molecule has 9 nitrogen and oxygen atoms in total. The van der Waals surface area contributed by atoms with Crippen molar-refractivity contribution >= 4 is 23.8 Å². The highest BCUT2D eigenvalue weighted by atomic mass is 32.2. The third-order valence-electron chi connectivity index (χ3n) is 7.06. The lowest BCUT2D eigenvalue weighted by Gasteiger charge is -2.34. The number of nitrogens with zero attached hydrogens (tertiary/aromatic N) is 6. The second-order valence-corrected chi connectivity index (χ2v) is 10.1. The molecule has 3 heterocycles. The van der Waals surface area contributed by atoms with Gasteiger partial charge in [-0.15, -0.1) is 10.2 Å². The molecule has 0 atom stereocenters. The van der Waals surface area contributed by atoms with Crippen LogP contribution in [0.15, 0.2) is 41.1 Å². The molecule has 2 aliphatic carbocycles. The Kier molecular flexibility index (Phi) is 5.49. The first kappa shape index (κ1) is 21.5. The summed E-state index contributed by atoms with van der Waals surface area (Å²) in [7, 11) is 0. The molecule has 0 unspecified atom stereocenters. The fourth-order valence-electron chi connectivity index (χ4n) is 4.91. The van der Waals surface area contributed by atoms with Gasteiger partial charge in [0.05, 0.1) is 5.56 Å². The Morgan fingerprint density at radius 2 is 1.74 bits per heavy atom. The third-order valence-corrected chi connectivity index (χ3v) is 7.94. The number of hydrogen-bond donors (Lipinski definition) is 1. The van der Waals surface area contributed by atoms with Gasteiger partial charge in [-0.25, -0.2) is 14.3 Å². The molecule has 1 saturated heterocycles. The molecule has 1 amide bonds. The van der Waals surface area contributed by atoms with Crippen LogP contribution in [0.3, 0.4) is 0 Å². The van der Waals surface area contributed by atoms with Crippen molar-refractivity contribution in [2.45, 2.75) is 37.1 Å². The van der Waals surface area contributed by atoms with E-state index in [0.29, 0.717) is 23.3 Å². The number of carbonyl (C=O) groups excluding carboxylic acids is 1. The maximum absolute atomic E-state index is 13.3. The van der Waals surface area contributed by atoms with Crippen LogP contribution in [0.2, 0.25) is 0 Å². The van der Waals surface area contributed by atoms with Crippen molar-refractivity contribution in [1.82, 2.24) is 29.4 Å². The quantitative estimate of drug-likeness (QED) is 0.537. The maximum atomic E-state index is 13.3. The largest absolute Gasteiger partial charge is 0.419 e. The molecule has 2 aromatic heterocycles. The number of carbonyl (C=O) groups is 1. The van der Waals surface area contributed by atoms with Crippen LogP contribution in [0.4, 0.5) is 5.95 Å².